The van der Waals surface area contributed by atoms with Gasteiger partial charge in [-0.2, -0.15) is 0 Å². The van der Waals surface area contributed by atoms with E-state index in [9.17, 15) is 4.79 Å². The highest BCUT2D eigenvalue weighted by molar-refractivity contribution is 6.42. The Kier molecular flexibility index (Phi) is 5.44. The molecule has 1 N–H and O–H groups in total. The normalized spacial score (nSPS) is 29.5. The fraction of sp³-hybridized carbons (Fsp3) is 0.632. The zero-order chi connectivity index (χ0) is 18.3. The van der Waals surface area contributed by atoms with Gasteiger partial charge in [-0.1, -0.05) is 29.3 Å². The van der Waals surface area contributed by atoms with Crippen LogP contribution in [0, 0.1) is 0 Å². The van der Waals surface area contributed by atoms with Crippen LogP contribution in [-0.2, 0) is 4.79 Å². The lowest BCUT2D eigenvalue weighted by atomic mass is 10.0. The maximum Gasteiger partial charge on any atom is 0.224 e. The summed E-state index contributed by atoms with van der Waals surface area (Å²) in [5, 5.41) is 4.48. The molecule has 0 spiro atoms. The molecule has 5 nitrogen and oxygen atoms in total. The molecule has 2 unspecified atom stereocenters. The standard InChI is InChI=1S/C19H26Cl2N4O/c1-23-11-15-9-14(23)12-24(15)6-4-19(26)25-7-5-22-10-18(25)13-2-3-16(20)17(21)8-13/h2-3,8,14-15,18,22H,4-7,9-12H2,1H3/t14-,15?,18?/m0/s1. The van der Waals surface area contributed by atoms with Crippen molar-refractivity contribution in [3.8, 4) is 0 Å². The number of piperazine rings is 2. The van der Waals surface area contributed by atoms with E-state index in [1.54, 1.807) is 0 Å². The molecule has 3 fully saturated rings. The Bertz CT molecular complexity index is 684. The Morgan fingerprint density at radius 2 is 2.08 bits per heavy atom. The average molecular weight is 397 g/mol. The van der Waals surface area contributed by atoms with Crippen LogP contribution in [0.5, 0.6) is 0 Å². The second kappa shape index (κ2) is 7.64. The molecule has 0 aliphatic carbocycles. The first-order valence-corrected chi connectivity index (χ1v) is 10.2. The van der Waals surface area contributed by atoms with Gasteiger partial charge in [-0.15, -0.1) is 0 Å². The van der Waals surface area contributed by atoms with Gasteiger partial charge in [0, 0.05) is 57.8 Å². The fourth-order valence-electron chi connectivity index (χ4n) is 4.63. The molecule has 4 rings (SSSR count). The molecule has 26 heavy (non-hydrogen) atoms. The maximum absolute atomic E-state index is 13.0. The first kappa shape index (κ1) is 18.5. The summed E-state index contributed by atoms with van der Waals surface area (Å²) in [6.07, 6.45) is 1.84. The van der Waals surface area contributed by atoms with E-state index >= 15 is 0 Å². The molecular weight excluding hydrogens is 371 g/mol. The molecule has 7 heteroatoms. The number of hydrogen-bond acceptors (Lipinski definition) is 4. The van der Waals surface area contributed by atoms with E-state index in [1.165, 1.54) is 6.42 Å². The molecule has 3 saturated heterocycles. The molecule has 1 aromatic rings. The highest BCUT2D eigenvalue weighted by atomic mass is 35.5. The smallest absolute Gasteiger partial charge is 0.224 e. The van der Waals surface area contributed by atoms with Crippen molar-refractivity contribution in [2.24, 2.45) is 0 Å². The Morgan fingerprint density at radius 3 is 2.77 bits per heavy atom. The van der Waals surface area contributed by atoms with Crippen LogP contribution in [0.3, 0.4) is 0 Å². The molecule has 0 saturated carbocycles. The van der Waals surface area contributed by atoms with Crippen molar-refractivity contribution in [2.45, 2.75) is 31.0 Å². The topological polar surface area (TPSA) is 38.8 Å². The Hall–Kier alpha value is -0.850. The lowest BCUT2D eigenvalue weighted by molar-refractivity contribution is -0.135. The van der Waals surface area contributed by atoms with Crippen molar-refractivity contribution in [1.29, 1.82) is 0 Å². The number of carbonyl (C=O) groups is 1. The quantitative estimate of drug-likeness (QED) is 0.846. The summed E-state index contributed by atoms with van der Waals surface area (Å²) in [7, 11) is 2.20. The van der Waals surface area contributed by atoms with Crippen molar-refractivity contribution >= 4 is 29.1 Å². The molecule has 142 valence electrons. The van der Waals surface area contributed by atoms with Crippen LogP contribution in [0.1, 0.15) is 24.4 Å². The number of likely N-dealkylation sites (tertiary alicyclic amines) is 2. The summed E-state index contributed by atoms with van der Waals surface area (Å²) >= 11 is 12.2. The number of halogens is 2. The number of amides is 1. The zero-order valence-electron chi connectivity index (χ0n) is 15.1. The van der Waals surface area contributed by atoms with Crippen LogP contribution in [0.15, 0.2) is 18.2 Å². The SMILES string of the molecule is CN1CC2C[C@H]1CN2CCC(=O)N1CCNCC1c1ccc(Cl)c(Cl)c1. The number of hydrogen-bond donors (Lipinski definition) is 1. The molecule has 1 amide bonds. The number of nitrogens with zero attached hydrogens (tertiary/aromatic N) is 3. The first-order chi connectivity index (χ1) is 12.5. The van der Waals surface area contributed by atoms with Crippen LogP contribution in [0.4, 0.5) is 0 Å². The third kappa shape index (κ3) is 3.60. The van der Waals surface area contributed by atoms with Gasteiger partial charge in [0.05, 0.1) is 16.1 Å². The summed E-state index contributed by atoms with van der Waals surface area (Å²) < 4.78 is 0. The van der Waals surface area contributed by atoms with Gasteiger partial charge in [0.25, 0.3) is 0 Å². The van der Waals surface area contributed by atoms with Crippen LogP contribution in [0.2, 0.25) is 10.0 Å². The van der Waals surface area contributed by atoms with Gasteiger partial charge in [-0.3, -0.25) is 9.69 Å². The van der Waals surface area contributed by atoms with Gasteiger partial charge in [0.15, 0.2) is 0 Å². The molecule has 0 aromatic heterocycles. The average Bonchev–Trinajstić information content (AvgIpc) is 3.21. The molecular formula is C19H26Cl2N4O. The van der Waals surface area contributed by atoms with Crippen LogP contribution < -0.4 is 5.32 Å². The van der Waals surface area contributed by atoms with Crippen molar-refractivity contribution in [3.63, 3.8) is 0 Å². The number of nitrogens with one attached hydrogen (secondary N) is 1. The van der Waals surface area contributed by atoms with E-state index in [0.29, 0.717) is 28.5 Å². The molecule has 3 atom stereocenters. The zero-order valence-corrected chi connectivity index (χ0v) is 16.6. The minimum absolute atomic E-state index is 0.0205. The third-order valence-electron chi connectivity index (χ3n) is 6.13. The number of carbonyl (C=O) groups excluding carboxylic acids is 1. The van der Waals surface area contributed by atoms with Gasteiger partial charge in [0.1, 0.15) is 0 Å². The molecule has 3 aliphatic heterocycles. The second-order valence-corrected chi connectivity index (χ2v) is 8.52. The monoisotopic (exact) mass is 396 g/mol. The largest absolute Gasteiger partial charge is 0.333 e. The van der Waals surface area contributed by atoms with Gasteiger partial charge in [-0.05, 0) is 31.2 Å². The van der Waals surface area contributed by atoms with Crippen molar-refractivity contribution in [1.82, 2.24) is 20.0 Å². The van der Waals surface area contributed by atoms with E-state index < -0.39 is 0 Å². The highest BCUT2D eigenvalue weighted by Crippen LogP contribution is 2.31. The number of benzene rings is 1. The molecule has 0 radical (unpaired) electrons. The summed E-state index contributed by atoms with van der Waals surface area (Å²) in [4.78, 5) is 19.9. The Morgan fingerprint density at radius 1 is 1.23 bits per heavy atom. The predicted octanol–water partition coefficient (Wildman–Crippen LogP) is 2.24. The Labute approximate surface area is 165 Å². The van der Waals surface area contributed by atoms with Crippen LogP contribution >= 0.6 is 23.2 Å². The Balaban J connectivity index is 1.39. The minimum Gasteiger partial charge on any atom is -0.333 e. The van der Waals surface area contributed by atoms with E-state index in [2.05, 4.69) is 22.2 Å². The maximum atomic E-state index is 13.0. The lowest BCUT2D eigenvalue weighted by Gasteiger charge is -2.38. The van der Waals surface area contributed by atoms with E-state index in [0.717, 1.165) is 44.8 Å². The van der Waals surface area contributed by atoms with Gasteiger partial charge < -0.3 is 15.1 Å². The summed E-state index contributed by atoms with van der Waals surface area (Å²) in [5.74, 6) is 0.235. The second-order valence-electron chi connectivity index (χ2n) is 7.71. The predicted molar refractivity (Wildman–Crippen MR) is 105 cm³/mol. The van der Waals surface area contributed by atoms with Crippen LogP contribution in [-0.4, -0.2) is 79.0 Å². The highest BCUT2D eigenvalue weighted by Gasteiger charge is 2.41. The minimum atomic E-state index is 0.0205. The molecule has 1 aromatic carbocycles. The van der Waals surface area contributed by atoms with Gasteiger partial charge in [-0.25, -0.2) is 0 Å². The number of rotatable bonds is 4. The molecule has 3 aliphatic rings. The summed E-state index contributed by atoms with van der Waals surface area (Å²) in [6, 6.07) is 7.00. The van der Waals surface area contributed by atoms with Crippen molar-refractivity contribution in [3.05, 3.63) is 33.8 Å². The van der Waals surface area contributed by atoms with E-state index in [-0.39, 0.29) is 11.9 Å². The third-order valence-corrected chi connectivity index (χ3v) is 6.87. The van der Waals surface area contributed by atoms with Gasteiger partial charge in [0.2, 0.25) is 5.91 Å². The number of likely N-dealkylation sites (N-methyl/N-ethyl adjacent to an activating group) is 1. The lowest BCUT2D eigenvalue weighted by Crippen LogP contribution is -2.50. The first-order valence-electron chi connectivity index (χ1n) is 9.42. The molecule has 2 bridgehead atoms. The van der Waals surface area contributed by atoms with Gasteiger partial charge >= 0.3 is 0 Å². The van der Waals surface area contributed by atoms with Crippen LogP contribution in [0.25, 0.3) is 0 Å². The van der Waals surface area contributed by atoms with Crippen molar-refractivity contribution < 1.29 is 4.79 Å². The summed E-state index contributed by atoms with van der Waals surface area (Å²) in [5.41, 5.74) is 1.04. The molecule has 3 heterocycles. The fourth-order valence-corrected chi connectivity index (χ4v) is 4.93. The number of fused-ring (bicyclic) bond motifs is 2. The van der Waals surface area contributed by atoms with E-state index in [4.69, 9.17) is 23.2 Å². The van der Waals surface area contributed by atoms with Crippen molar-refractivity contribution in [2.75, 3.05) is 46.3 Å². The summed E-state index contributed by atoms with van der Waals surface area (Å²) in [6.45, 7) is 5.43. The van der Waals surface area contributed by atoms with E-state index in [1.807, 2.05) is 23.1 Å².